The van der Waals surface area contributed by atoms with Gasteiger partial charge in [0, 0.05) is 18.4 Å². The number of hydrogen-bond acceptors (Lipinski definition) is 3. The Morgan fingerprint density at radius 1 is 1.58 bits per heavy atom. The van der Waals surface area contributed by atoms with Crippen LogP contribution in [0.3, 0.4) is 0 Å². The van der Waals surface area contributed by atoms with Crippen LogP contribution in [0.5, 0.6) is 0 Å². The van der Waals surface area contributed by atoms with Crippen molar-refractivity contribution in [2.24, 2.45) is 0 Å². The fourth-order valence-corrected chi connectivity index (χ4v) is 2.17. The summed E-state index contributed by atoms with van der Waals surface area (Å²) in [4.78, 5) is 11.1. The molecule has 2 unspecified atom stereocenters. The molecule has 0 N–H and O–H groups in total. The van der Waals surface area contributed by atoms with Crippen LogP contribution in [0.4, 0.5) is 0 Å². The lowest BCUT2D eigenvalue weighted by Crippen LogP contribution is -2.18. The third kappa shape index (κ3) is 0.672. The Bertz CT molecular complexity index is 305. The van der Waals surface area contributed by atoms with Gasteiger partial charge in [0.25, 0.3) is 0 Å². The van der Waals surface area contributed by atoms with Crippen LogP contribution in [0, 0.1) is 0 Å². The molecule has 1 aliphatic carbocycles. The maximum absolute atomic E-state index is 11.1. The molecule has 3 nitrogen and oxygen atoms in total. The van der Waals surface area contributed by atoms with E-state index in [4.69, 9.17) is 9.47 Å². The first-order chi connectivity index (χ1) is 5.69. The van der Waals surface area contributed by atoms with E-state index in [1.165, 1.54) is 0 Å². The van der Waals surface area contributed by atoms with E-state index in [1.807, 2.05) is 0 Å². The van der Waals surface area contributed by atoms with Gasteiger partial charge in [-0.1, -0.05) is 0 Å². The van der Waals surface area contributed by atoms with Crippen LogP contribution in [-0.2, 0) is 14.3 Å². The number of epoxide rings is 1. The van der Waals surface area contributed by atoms with Crippen molar-refractivity contribution in [3.63, 3.8) is 0 Å². The molecule has 0 aromatic rings. The van der Waals surface area contributed by atoms with Gasteiger partial charge < -0.3 is 9.47 Å². The Morgan fingerprint density at radius 3 is 3.25 bits per heavy atom. The van der Waals surface area contributed by atoms with Gasteiger partial charge in [0.05, 0.1) is 11.7 Å². The van der Waals surface area contributed by atoms with Crippen LogP contribution >= 0.6 is 0 Å². The SMILES string of the molecule is CC12CC3=C(CC1O2)C(=O)OC3. The summed E-state index contributed by atoms with van der Waals surface area (Å²) in [6, 6.07) is 0. The van der Waals surface area contributed by atoms with Crippen molar-refractivity contribution < 1.29 is 14.3 Å². The van der Waals surface area contributed by atoms with Gasteiger partial charge in [0.1, 0.15) is 6.61 Å². The summed E-state index contributed by atoms with van der Waals surface area (Å²) < 4.78 is 10.4. The van der Waals surface area contributed by atoms with E-state index >= 15 is 0 Å². The van der Waals surface area contributed by atoms with Gasteiger partial charge in [0.15, 0.2) is 0 Å². The number of rotatable bonds is 0. The van der Waals surface area contributed by atoms with Crippen LogP contribution in [0.25, 0.3) is 0 Å². The quantitative estimate of drug-likeness (QED) is 0.394. The van der Waals surface area contributed by atoms with Crippen molar-refractivity contribution in [2.75, 3.05) is 6.61 Å². The van der Waals surface area contributed by atoms with Gasteiger partial charge in [-0.25, -0.2) is 4.79 Å². The molecular weight excluding hydrogens is 156 g/mol. The third-order valence-electron chi connectivity index (χ3n) is 3.04. The maximum Gasteiger partial charge on any atom is 0.334 e. The van der Waals surface area contributed by atoms with E-state index in [1.54, 1.807) is 0 Å². The minimum absolute atomic E-state index is 0.0345. The Labute approximate surface area is 70.3 Å². The lowest BCUT2D eigenvalue weighted by molar-refractivity contribution is -0.136. The first kappa shape index (κ1) is 6.66. The van der Waals surface area contributed by atoms with Gasteiger partial charge in [-0.2, -0.15) is 0 Å². The Balaban J connectivity index is 1.98. The van der Waals surface area contributed by atoms with Crippen molar-refractivity contribution >= 4 is 5.97 Å². The van der Waals surface area contributed by atoms with Gasteiger partial charge in [-0.15, -0.1) is 0 Å². The van der Waals surface area contributed by atoms with Gasteiger partial charge >= 0.3 is 5.97 Å². The average molecular weight is 166 g/mol. The minimum Gasteiger partial charge on any atom is -0.458 e. The van der Waals surface area contributed by atoms with Gasteiger partial charge in [0.2, 0.25) is 0 Å². The van der Waals surface area contributed by atoms with Crippen molar-refractivity contribution in [2.45, 2.75) is 31.5 Å². The second-order valence-electron chi connectivity index (χ2n) is 3.96. The number of hydrogen-bond donors (Lipinski definition) is 0. The van der Waals surface area contributed by atoms with Crippen molar-refractivity contribution in [1.82, 2.24) is 0 Å². The molecule has 0 radical (unpaired) electrons. The molecule has 1 fully saturated rings. The zero-order valence-corrected chi connectivity index (χ0v) is 6.92. The second kappa shape index (κ2) is 1.74. The summed E-state index contributed by atoms with van der Waals surface area (Å²) >= 11 is 0. The molecule has 2 aliphatic heterocycles. The zero-order chi connectivity index (χ0) is 8.34. The molecule has 3 heteroatoms. The summed E-state index contributed by atoms with van der Waals surface area (Å²) in [5, 5.41) is 0. The van der Waals surface area contributed by atoms with Crippen LogP contribution < -0.4 is 0 Å². The lowest BCUT2D eigenvalue weighted by atomic mass is 9.86. The summed E-state index contributed by atoms with van der Waals surface area (Å²) in [5.41, 5.74) is 2.08. The predicted octanol–water partition coefficient (Wildman–Crippen LogP) is 0.791. The highest BCUT2D eigenvalue weighted by molar-refractivity contribution is 5.92. The Kier molecular flexibility index (Phi) is 0.966. The largest absolute Gasteiger partial charge is 0.458 e. The van der Waals surface area contributed by atoms with Crippen LogP contribution in [0.1, 0.15) is 19.8 Å². The molecule has 12 heavy (non-hydrogen) atoms. The molecule has 3 aliphatic rings. The highest BCUT2D eigenvalue weighted by Crippen LogP contribution is 2.50. The van der Waals surface area contributed by atoms with Crippen LogP contribution in [-0.4, -0.2) is 24.3 Å². The summed E-state index contributed by atoms with van der Waals surface area (Å²) in [5.74, 6) is -0.123. The van der Waals surface area contributed by atoms with Crippen molar-refractivity contribution in [1.29, 1.82) is 0 Å². The molecule has 0 spiro atoms. The minimum atomic E-state index is -0.123. The number of cyclic esters (lactones) is 1. The Morgan fingerprint density at radius 2 is 2.42 bits per heavy atom. The van der Waals surface area contributed by atoms with Crippen molar-refractivity contribution in [3.05, 3.63) is 11.1 Å². The second-order valence-corrected chi connectivity index (χ2v) is 3.96. The predicted molar refractivity (Wildman–Crippen MR) is 40.5 cm³/mol. The molecule has 1 saturated heterocycles. The monoisotopic (exact) mass is 166 g/mol. The van der Waals surface area contributed by atoms with Crippen LogP contribution in [0.15, 0.2) is 11.1 Å². The number of carbonyl (C=O) groups excluding carboxylic acids is 1. The third-order valence-corrected chi connectivity index (χ3v) is 3.04. The summed E-state index contributed by atoms with van der Waals surface area (Å²) in [7, 11) is 0. The van der Waals surface area contributed by atoms with Gasteiger partial charge in [-0.05, 0) is 12.5 Å². The van der Waals surface area contributed by atoms with E-state index < -0.39 is 0 Å². The average Bonchev–Trinajstić information content (AvgIpc) is 2.57. The van der Waals surface area contributed by atoms with E-state index in [0.717, 1.165) is 24.0 Å². The first-order valence-electron chi connectivity index (χ1n) is 4.25. The molecule has 2 atom stereocenters. The smallest absolute Gasteiger partial charge is 0.334 e. The highest BCUT2D eigenvalue weighted by atomic mass is 16.6. The standard InChI is InChI=1S/C9H10O3/c1-9-3-5-4-11-8(10)6(5)2-7(9)12-9/h7H,2-4H2,1H3. The maximum atomic E-state index is 11.1. The fraction of sp³-hybridized carbons (Fsp3) is 0.667. The molecule has 0 aromatic heterocycles. The van der Waals surface area contributed by atoms with E-state index in [0.29, 0.717) is 6.61 Å². The molecule has 2 heterocycles. The number of carbonyl (C=O) groups is 1. The number of ether oxygens (including phenoxy) is 2. The molecule has 0 amide bonds. The summed E-state index contributed by atoms with van der Waals surface area (Å²) in [6.07, 6.45) is 1.94. The van der Waals surface area contributed by atoms with Crippen molar-refractivity contribution in [3.8, 4) is 0 Å². The van der Waals surface area contributed by atoms with E-state index in [-0.39, 0.29) is 17.7 Å². The topological polar surface area (TPSA) is 38.8 Å². The van der Waals surface area contributed by atoms with Crippen LogP contribution in [0.2, 0.25) is 0 Å². The molecule has 64 valence electrons. The van der Waals surface area contributed by atoms with E-state index in [2.05, 4.69) is 6.92 Å². The highest BCUT2D eigenvalue weighted by Gasteiger charge is 2.57. The molecule has 3 rings (SSSR count). The normalized spacial score (nSPS) is 43.8. The number of fused-ring (bicyclic) bond motifs is 1. The first-order valence-corrected chi connectivity index (χ1v) is 4.25. The summed E-state index contributed by atoms with van der Waals surface area (Å²) in [6.45, 7) is 2.60. The Hall–Kier alpha value is -0.830. The lowest BCUT2D eigenvalue weighted by Gasteiger charge is -2.11. The molecular formula is C9H10O3. The van der Waals surface area contributed by atoms with E-state index in [9.17, 15) is 4.79 Å². The fourth-order valence-electron chi connectivity index (χ4n) is 2.17. The molecule has 0 aromatic carbocycles. The molecule has 0 saturated carbocycles. The zero-order valence-electron chi connectivity index (χ0n) is 6.92. The molecule has 0 bridgehead atoms. The van der Waals surface area contributed by atoms with Gasteiger partial charge in [-0.3, -0.25) is 0 Å². The number of esters is 1.